The molecule has 1 aromatic rings. The Morgan fingerprint density at radius 1 is 1.67 bits per heavy atom. The van der Waals surface area contributed by atoms with E-state index in [1.807, 2.05) is 5.38 Å². The van der Waals surface area contributed by atoms with Crippen LogP contribution in [-0.2, 0) is 16.0 Å². The number of thiazole rings is 1. The van der Waals surface area contributed by atoms with Crippen LogP contribution in [0.4, 0.5) is 0 Å². The number of amides is 1. The normalized spacial score (nSPS) is 19.4. The highest BCUT2D eigenvalue weighted by atomic mass is 32.1. The van der Waals surface area contributed by atoms with Gasteiger partial charge in [-0.05, 0) is 6.42 Å². The Morgan fingerprint density at radius 3 is 3.11 bits per heavy atom. The summed E-state index contributed by atoms with van der Waals surface area (Å²) in [6.07, 6.45) is 1.44. The minimum atomic E-state index is 0.0579. The monoisotopic (exact) mass is 268 g/mol. The van der Waals surface area contributed by atoms with Gasteiger partial charge in [0.1, 0.15) is 0 Å². The van der Waals surface area contributed by atoms with Gasteiger partial charge >= 0.3 is 0 Å². The van der Waals surface area contributed by atoms with Crippen LogP contribution in [0.5, 0.6) is 0 Å². The molecule has 100 valence electrons. The molecule has 1 aliphatic rings. The van der Waals surface area contributed by atoms with Crippen molar-refractivity contribution in [2.24, 2.45) is 5.92 Å². The van der Waals surface area contributed by atoms with Crippen molar-refractivity contribution in [3.63, 3.8) is 0 Å². The molecule has 1 fully saturated rings. The fourth-order valence-electron chi connectivity index (χ4n) is 1.90. The Balaban J connectivity index is 1.75. The van der Waals surface area contributed by atoms with Crippen LogP contribution in [0.2, 0.25) is 0 Å². The van der Waals surface area contributed by atoms with Gasteiger partial charge in [-0.1, -0.05) is 13.8 Å². The highest BCUT2D eigenvalue weighted by Gasteiger charge is 2.16. The van der Waals surface area contributed by atoms with Crippen molar-refractivity contribution in [3.8, 4) is 0 Å². The van der Waals surface area contributed by atoms with Crippen molar-refractivity contribution in [3.05, 3.63) is 16.1 Å². The maximum absolute atomic E-state index is 11.8. The highest BCUT2D eigenvalue weighted by molar-refractivity contribution is 7.09. The van der Waals surface area contributed by atoms with Gasteiger partial charge in [-0.3, -0.25) is 4.79 Å². The summed E-state index contributed by atoms with van der Waals surface area (Å²) in [6.45, 7) is 6.55. The zero-order valence-electron chi connectivity index (χ0n) is 10.9. The lowest BCUT2D eigenvalue weighted by molar-refractivity contribution is -0.120. The molecule has 0 saturated carbocycles. The van der Waals surface area contributed by atoms with Crippen LogP contribution in [0.3, 0.4) is 0 Å². The first-order chi connectivity index (χ1) is 8.65. The maximum Gasteiger partial charge on any atom is 0.226 e. The Kier molecular flexibility index (Phi) is 4.72. The van der Waals surface area contributed by atoms with Gasteiger partial charge in [-0.15, -0.1) is 11.3 Å². The second kappa shape index (κ2) is 6.29. The molecule has 1 aliphatic heterocycles. The highest BCUT2D eigenvalue weighted by Crippen LogP contribution is 2.19. The van der Waals surface area contributed by atoms with Crippen LogP contribution < -0.4 is 5.32 Å². The van der Waals surface area contributed by atoms with Crippen LogP contribution >= 0.6 is 11.3 Å². The second-order valence-electron chi connectivity index (χ2n) is 5.04. The standard InChI is InChI=1S/C13H20N2O2S/c1-9(2)13-15-11(8-18-13)5-12(16)14-6-10-3-4-17-7-10/h8-10H,3-7H2,1-2H3,(H,14,16). The second-order valence-corrected chi connectivity index (χ2v) is 5.93. The summed E-state index contributed by atoms with van der Waals surface area (Å²) in [4.78, 5) is 16.2. The molecule has 1 unspecified atom stereocenters. The van der Waals surface area contributed by atoms with E-state index < -0.39 is 0 Å². The van der Waals surface area contributed by atoms with Crippen LogP contribution in [-0.4, -0.2) is 30.6 Å². The predicted octanol–water partition coefficient (Wildman–Crippen LogP) is 1.96. The fraction of sp³-hybridized carbons (Fsp3) is 0.692. The molecule has 0 bridgehead atoms. The molecule has 5 heteroatoms. The fourth-order valence-corrected chi connectivity index (χ4v) is 2.73. The molecule has 0 spiro atoms. The van der Waals surface area contributed by atoms with Gasteiger partial charge in [0.15, 0.2) is 0 Å². The summed E-state index contributed by atoms with van der Waals surface area (Å²) in [5.74, 6) is 0.973. The first kappa shape index (κ1) is 13.5. The molecular weight excluding hydrogens is 248 g/mol. The molecule has 18 heavy (non-hydrogen) atoms. The minimum absolute atomic E-state index is 0.0579. The molecule has 2 rings (SSSR count). The molecule has 1 N–H and O–H groups in total. The third-order valence-electron chi connectivity index (χ3n) is 3.02. The van der Waals surface area contributed by atoms with Crippen molar-refractivity contribution in [2.45, 2.75) is 32.6 Å². The number of nitrogens with one attached hydrogen (secondary N) is 1. The van der Waals surface area contributed by atoms with Gasteiger partial charge in [0.2, 0.25) is 5.91 Å². The third-order valence-corrected chi connectivity index (χ3v) is 4.21. The zero-order valence-corrected chi connectivity index (χ0v) is 11.8. The van der Waals surface area contributed by atoms with E-state index in [-0.39, 0.29) is 5.91 Å². The van der Waals surface area contributed by atoms with Gasteiger partial charge in [0.25, 0.3) is 0 Å². The average molecular weight is 268 g/mol. The van der Waals surface area contributed by atoms with E-state index in [0.29, 0.717) is 18.3 Å². The van der Waals surface area contributed by atoms with E-state index in [9.17, 15) is 4.79 Å². The number of rotatable bonds is 5. The summed E-state index contributed by atoms with van der Waals surface area (Å²) in [7, 11) is 0. The van der Waals surface area contributed by atoms with Crippen LogP contribution in [0.15, 0.2) is 5.38 Å². The van der Waals surface area contributed by atoms with E-state index >= 15 is 0 Å². The van der Waals surface area contributed by atoms with Gasteiger partial charge in [0, 0.05) is 30.4 Å². The number of nitrogens with zero attached hydrogens (tertiary/aromatic N) is 1. The summed E-state index contributed by atoms with van der Waals surface area (Å²) in [5.41, 5.74) is 0.879. The van der Waals surface area contributed by atoms with E-state index in [0.717, 1.165) is 36.9 Å². The molecule has 1 saturated heterocycles. The van der Waals surface area contributed by atoms with Crippen molar-refractivity contribution in [1.82, 2.24) is 10.3 Å². The first-order valence-electron chi connectivity index (χ1n) is 6.44. The summed E-state index contributed by atoms with van der Waals surface area (Å²) < 4.78 is 5.28. The van der Waals surface area contributed by atoms with Gasteiger partial charge in [-0.25, -0.2) is 4.98 Å². The molecule has 2 heterocycles. The molecule has 1 amide bonds. The average Bonchev–Trinajstić information content (AvgIpc) is 2.96. The summed E-state index contributed by atoms with van der Waals surface area (Å²) in [6, 6.07) is 0. The van der Waals surface area contributed by atoms with Crippen molar-refractivity contribution < 1.29 is 9.53 Å². The number of carbonyl (C=O) groups excluding carboxylic acids is 1. The Bertz CT molecular complexity index is 397. The van der Waals surface area contributed by atoms with Gasteiger partial charge in [-0.2, -0.15) is 0 Å². The minimum Gasteiger partial charge on any atom is -0.381 e. The van der Waals surface area contributed by atoms with E-state index in [1.54, 1.807) is 11.3 Å². The summed E-state index contributed by atoms with van der Waals surface area (Å²) in [5, 5.41) is 6.04. The van der Waals surface area contributed by atoms with Crippen molar-refractivity contribution >= 4 is 17.2 Å². The number of hydrogen-bond acceptors (Lipinski definition) is 4. The third kappa shape index (κ3) is 3.78. The summed E-state index contributed by atoms with van der Waals surface area (Å²) >= 11 is 1.63. The topological polar surface area (TPSA) is 51.2 Å². The molecule has 0 radical (unpaired) electrons. The molecule has 0 aromatic carbocycles. The quantitative estimate of drug-likeness (QED) is 0.888. The number of aromatic nitrogens is 1. The van der Waals surface area contributed by atoms with Crippen molar-refractivity contribution in [1.29, 1.82) is 0 Å². The lowest BCUT2D eigenvalue weighted by atomic mass is 10.1. The lowest BCUT2D eigenvalue weighted by Gasteiger charge is -2.08. The zero-order chi connectivity index (χ0) is 13.0. The number of ether oxygens (including phenoxy) is 1. The lowest BCUT2D eigenvalue weighted by Crippen LogP contribution is -2.30. The van der Waals surface area contributed by atoms with E-state index in [1.165, 1.54) is 0 Å². The van der Waals surface area contributed by atoms with Gasteiger partial charge in [0.05, 0.1) is 23.7 Å². The SMILES string of the molecule is CC(C)c1nc(CC(=O)NCC2CCOC2)cs1. The Morgan fingerprint density at radius 2 is 2.50 bits per heavy atom. The Hall–Kier alpha value is -0.940. The molecule has 1 atom stereocenters. The maximum atomic E-state index is 11.8. The van der Waals surface area contributed by atoms with Crippen LogP contribution in [0.25, 0.3) is 0 Å². The number of hydrogen-bond donors (Lipinski definition) is 1. The smallest absolute Gasteiger partial charge is 0.226 e. The largest absolute Gasteiger partial charge is 0.381 e. The van der Waals surface area contributed by atoms with Crippen LogP contribution in [0.1, 0.15) is 36.9 Å². The number of carbonyl (C=O) groups is 1. The Labute approximate surface area is 112 Å². The predicted molar refractivity (Wildman–Crippen MR) is 71.8 cm³/mol. The molecule has 4 nitrogen and oxygen atoms in total. The molecule has 1 aromatic heterocycles. The van der Waals surface area contributed by atoms with Crippen molar-refractivity contribution in [2.75, 3.05) is 19.8 Å². The van der Waals surface area contributed by atoms with Crippen LogP contribution in [0, 0.1) is 5.92 Å². The first-order valence-corrected chi connectivity index (χ1v) is 7.32. The van der Waals surface area contributed by atoms with E-state index in [4.69, 9.17) is 4.74 Å². The molecular formula is C13H20N2O2S. The van der Waals surface area contributed by atoms with Gasteiger partial charge < -0.3 is 10.1 Å². The molecule has 0 aliphatic carbocycles. The van der Waals surface area contributed by atoms with E-state index in [2.05, 4.69) is 24.1 Å².